The maximum Gasteiger partial charge on any atom is 0.193 e. The second-order valence-corrected chi connectivity index (χ2v) is 6.48. The number of aromatic nitrogens is 2. The highest BCUT2D eigenvalue weighted by atomic mass is 127. The Morgan fingerprint density at radius 2 is 2.25 bits per heavy atom. The molecule has 0 saturated heterocycles. The van der Waals surface area contributed by atoms with Crippen molar-refractivity contribution in [2.45, 2.75) is 19.3 Å². The van der Waals surface area contributed by atoms with E-state index < -0.39 is 0 Å². The number of hydrogen-bond acceptors (Lipinski definition) is 3. The molecule has 2 heterocycles. The molecule has 2 aromatic rings. The van der Waals surface area contributed by atoms with Gasteiger partial charge in [0.25, 0.3) is 0 Å². The molecule has 0 unspecified atom stereocenters. The molecule has 1 aliphatic rings. The Hall–Kier alpha value is -1.15. The van der Waals surface area contributed by atoms with Crippen LogP contribution in [0.4, 0.5) is 5.82 Å². The van der Waals surface area contributed by atoms with E-state index in [1.165, 1.54) is 9.13 Å². The molecule has 0 atom stereocenters. The fourth-order valence-electron chi connectivity index (χ4n) is 2.53. The molecule has 0 radical (unpaired) electrons. The lowest BCUT2D eigenvalue weighted by molar-refractivity contribution is 0.782. The maximum atomic E-state index is 5.80. The smallest absolute Gasteiger partial charge is 0.193 e. The summed E-state index contributed by atoms with van der Waals surface area (Å²) in [5, 5.41) is 8.32. The summed E-state index contributed by atoms with van der Waals surface area (Å²) in [4.78, 5) is 0. The third-order valence-electron chi connectivity index (χ3n) is 3.44. The van der Waals surface area contributed by atoms with Crippen LogP contribution in [0.2, 0.25) is 0 Å². The fourth-order valence-corrected chi connectivity index (χ4v) is 3.20. The number of thiocarbonyl (C=S) groups is 1. The van der Waals surface area contributed by atoms with Gasteiger partial charge < -0.3 is 11.1 Å². The second kappa shape index (κ2) is 5.69. The molecular formula is C14H15IN4S. The van der Waals surface area contributed by atoms with Gasteiger partial charge in [0.05, 0.1) is 5.69 Å². The van der Waals surface area contributed by atoms with Crippen LogP contribution in [0.15, 0.2) is 24.3 Å². The number of hydrogen-bond donors (Lipinski definition) is 2. The first kappa shape index (κ1) is 13.8. The molecular weight excluding hydrogens is 383 g/mol. The van der Waals surface area contributed by atoms with Gasteiger partial charge in [-0.1, -0.05) is 12.1 Å². The van der Waals surface area contributed by atoms with E-state index in [0.29, 0.717) is 0 Å². The van der Waals surface area contributed by atoms with Gasteiger partial charge in [-0.2, -0.15) is 9.78 Å². The Bertz CT molecular complexity index is 665. The molecule has 1 aromatic heterocycles. The van der Waals surface area contributed by atoms with Crippen molar-refractivity contribution in [1.82, 2.24) is 9.78 Å². The largest absolute Gasteiger partial charge is 0.374 e. The van der Waals surface area contributed by atoms with Crippen LogP contribution >= 0.6 is 34.8 Å². The van der Waals surface area contributed by atoms with Crippen molar-refractivity contribution >= 4 is 45.7 Å². The van der Waals surface area contributed by atoms with Crippen molar-refractivity contribution in [3.63, 3.8) is 0 Å². The van der Waals surface area contributed by atoms with Crippen molar-refractivity contribution in [3.05, 3.63) is 33.4 Å². The van der Waals surface area contributed by atoms with Crippen molar-refractivity contribution in [1.29, 1.82) is 0 Å². The number of fused-ring (bicyclic) bond motifs is 1. The van der Waals surface area contributed by atoms with Gasteiger partial charge >= 0.3 is 0 Å². The molecule has 20 heavy (non-hydrogen) atoms. The molecule has 0 aliphatic carbocycles. The van der Waals surface area contributed by atoms with E-state index in [9.17, 15) is 0 Å². The molecule has 0 amide bonds. The van der Waals surface area contributed by atoms with Crippen LogP contribution in [0.25, 0.3) is 11.3 Å². The summed E-state index contributed by atoms with van der Waals surface area (Å²) in [6.07, 6.45) is 3.31. The second-order valence-electron chi connectivity index (χ2n) is 4.82. The number of nitrogens with two attached hydrogens (primary N) is 1. The lowest BCUT2D eigenvalue weighted by Gasteiger charge is -2.06. The number of halogens is 1. The van der Waals surface area contributed by atoms with E-state index >= 15 is 0 Å². The van der Waals surface area contributed by atoms with Gasteiger partial charge in [-0.15, -0.1) is 0 Å². The van der Waals surface area contributed by atoms with Gasteiger partial charge in [-0.25, -0.2) is 0 Å². The predicted octanol–water partition coefficient (Wildman–Crippen LogP) is 2.99. The van der Waals surface area contributed by atoms with Crippen LogP contribution < -0.4 is 11.1 Å². The monoisotopic (exact) mass is 398 g/mol. The summed E-state index contributed by atoms with van der Waals surface area (Å²) in [6, 6.07) is 8.34. The van der Waals surface area contributed by atoms with Crippen LogP contribution in [0.5, 0.6) is 0 Å². The van der Waals surface area contributed by atoms with E-state index in [1.807, 2.05) is 6.07 Å². The predicted molar refractivity (Wildman–Crippen MR) is 94.0 cm³/mol. The van der Waals surface area contributed by atoms with Crippen LogP contribution in [-0.2, 0) is 6.42 Å². The summed E-state index contributed by atoms with van der Waals surface area (Å²) in [7, 11) is 0. The number of benzene rings is 1. The molecule has 6 heteroatoms. The van der Waals surface area contributed by atoms with Gasteiger partial charge in [0, 0.05) is 21.2 Å². The minimum absolute atomic E-state index is 0.285. The van der Waals surface area contributed by atoms with Gasteiger partial charge in [0.2, 0.25) is 0 Å². The Morgan fingerprint density at radius 3 is 3.00 bits per heavy atom. The molecule has 0 fully saturated rings. The first-order chi connectivity index (χ1) is 9.66. The zero-order chi connectivity index (χ0) is 14.1. The highest BCUT2D eigenvalue weighted by Gasteiger charge is 2.21. The van der Waals surface area contributed by atoms with Crippen molar-refractivity contribution in [2.75, 3.05) is 11.9 Å². The lowest BCUT2D eigenvalue weighted by atomic mass is 10.0. The SMILES string of the molecule is NC(=S)n1nc(-c2cccc(I)c2)c2c1NCCCC2. The average molecular weight is 398 g/mol. The lowest BCUT2D eigenvalue weighted by Crippen LogP contribution is -2.22. The Balaban J connectivity index is 2.18. The molecule has 0 bridgehead atoms. The first-order valence-electron chi connectivity index (χ1n) is 6.58. The van der Waals surface area contributed by atoms with Crippen LogP contribution in [0.3, 0.4) is 0 Å². The Labute approximate surface area is 136 Å². The molecule has 0 spiro atoms. The quantitative estimate of drug-likeness (QED) is 0.573. The minimum Gasteiger partial charge on any atom is -0.374 e. The van der Waals surface area contributed by atoms with Crippen molar-refractivity contribution in [2.24, 2.45) is 5.73 Å². The molecule has 1 aromatic carbocycles. The normalized spacial score (nSPS) is 14.2. The van der Waals surface area contributed by atoms with E-state index in [0.717, 1.165) is 42.9 Å². The van der Waals surface area contributed by atoms with Crippen LogP contribution in [0.1, 0.15) is 18.4 Å². The number of nitrogens with one attached hydrogen (secondary N) is 1. The number of nitrogens with zero attached hydrogens (tertiary/aromatic N) is 2. The minimum atomic E-state index is 0.285. The molecule has 3 N–H and O–H groups in total. The van der Waals surface area contributed by atoms with E-state index in [1.54, 1.807) is 4.68 Å². The topological polar surface area (TPSA) is 55.9 Å². The highest BCUT2D eigenvalue weighted by molar-refractivity contribution is 14.1. The molecule has 1 aliphatic heterocycles. The summed E-state index contributed by atoms with van der Waals surface area (Å²) in [5.74, 6) is 0.962. The van der Waals surface area contributed by atoms with Crippen LogP contribution in [-0.4, -0.2) is 21.4 Å². The molecule has 3 rings (SSSR count). The Morgan fingerprint density at radius 1 is 1.40 bits per heavy atom. The Kier molecular flexibility index (Phi) is 3.93. The van der Waals surface area contributed by atoms with Gasteiger partial charge in [-0.3, -0.25) is 0 Å². The fraction of sp³-hybridized carbons (Fsp3) is 0.286. The number of rotatable bonds is 1. The van der Waals surface area contributed by atoms with Crippen molar-refractivity contribution < 1.29 is 0 Å². The van der Waals surface area contributed by atoms with Gasteiger partial charge in [-0.05, 0) is 66.2 Å². The van der Waals surface area contributed by atoms with E-state index in [-0.39, 0.29) is 5.11 Å². The molecule has 104 valence electrons. The molecule has 0 saturated carbocycles. The van der Waals surface area contributed by atoms with Gasteiger partial charge in [0.15, 0.2) is 5.11 Å². The summed E-state index contributed by atoms with van der Waals surface area (Å²) >= 11 is 7.43. The standard InChI is InChI=1S/C14H15IN4S/c15-10-5-3-4-9(8-10)12-11-6-1-2-7-17-13(11)19(18-12)14(16)20/h3-5,8,17H,1-2,6-7H2,(H2,16,20). The third-order valence-corrected chi connectivity index (χ3v) is 4.28. The van der Waals surface area contributed by atoms with E-state index in [2.05, 4.69) is 51.2 Å². The van der Waals surface area contributed by atoms with Gasteiger partial charge in [0.1, 0.15) is 5.82 Å². The maximum absolute atomic E-state index is 5.80. The molecule has 4 nitrogen and oxygen atoms in total. The zero-order valence-corrected chi connectivity index (χ0v) is 13.9. The third kappa shape index (κ3) is 2.54. The summed E-state index contributed by atoms with van der Waals surface area (Å²) in [5.41, 5.74) is 9.12. The number of anilines is 1. The first-order valence-corrected chi connectivity index (χ1v) is 8.07. The highest BCUT2D eigenvalue weighted by Crippen LogP contribution is 2.32. The summed E-state index contributed by atoms with van der Waals surface area (Å²) < 4.78 is 2.85. The zero-order valence-electron chi connectivity index (χ0n) is 10.9. The van der Waals surface area contributed by atoms with Crippen molar-refractivity contribution in [3.8, 4) is 11.3 Å². The average Bonchev–Trinajstić information content (AvgIpc) is 2.61. The summed E-state index contributed by atoms with van der Waals surface area (Å²) in [6.45, 7) is 0.938. The van der Waals surface area contributed by atoms with E-state index in [4.69, 9.17) is 18.0 Å². The van der Waals surface area contributed by atoms with Crippen LogP contribution in [0, 0.1) is 3.57 Å².